The Hall–Kier alpha value is -1.69. The Kier molecular flexibility index (Phi) is 2.84. The molecule has 1 aliphatic carbocycles. The molecule has 4 rings (SSSR count). The molecule has 2 fully saturated rings. The molecule has 2 aromatic heterocycles. The van der Waals surface area contributed by atoms with E-state index in [-0.39, 0.29) is 11.9 Å². The molecule has 1 N–H and O–H groups in total. The molecule has 0 spiro atoms. The number of anilines is 1. The van der Waals surface area contributed by atoms with Gasteiger partial charge in [-0.15, -0.1) is 11.3 Å². The highest BCUT2D eigenvalue weighted by atomic mass is 32.1. The van der Waals surface area contributed by atoms with Crippen molar-refractivity contribution in [1.82, 2.24) is 15.3 Å². The predicted octanol–water partition coefficient (Wildman–Crippen LogP) is 1.94. The first-order chi connectivity index (χ1) is 9.83. The fourth-order valence-electron chi connectivity index (χ4n) is 2.82. The summed E-state index contributed by atoms with van der Waals surface area (Å²) in [6.07, 6.45) is 5.80. The molecule has 1 aliphatic heterocycles. The largest absolute Gasteiger partial charge is 0.352 e. The molecule has 2 aliphatic rings. The lowest BCUT2D eigenvalue weighted by atomic mass is 10.2. The van der Waals surface area contributed by atoms with Gasteiger partial charge < -0.3 is 10.2 Å². The maximum Gasteiger partial charge on any atom is 0.242 e. The summed E-state index contributed by atoms with van der Waals surface area (Å²) in [5.41, 5.74) is 0. The summed E-state index contributed by atoms with van der Waals surface area (Å²) in [6, 6.07) is 2.38. The maximum atomic E-state index is 12.4. The summed E-state index contributed by atoms with van der Waals surface area (Å²) < 4.78 is 0. The number of thiophene rings is 1. The fraction of sp³-hybridized carbons (Fsp3) is 0.500. The van der Waals surface area contributed by atoms with E-state index in [4.69, 9.17) is 0 Å². The average Bonchev–Trinajstić information content (AvgIpc) is 2.96. The Labute approximate surface area is 121 Å². The van der Waals surface area contributed by atoms with Crippen LogP contribution in [0.2, 0.25) is 0 Å². The highest BCUT2D eigenvalue weighted by Gasteiger charge is 2.35. The van der Waals surface area contributed by atoms with E-state index >= 15 is 0 Å². The molecule has 0 bridgehead atoms. The van der Waals surface area contributed by atoms with Gasteiger partial charge in [-0.05, 0) is 37.1 Å². The number of fused-ring (bicyclic) bond motifs is 1. The van der Waals surface area contributed by atoms with Gasteiger partial charge in [0.05, 0.1) is 5.39 Å². The van der Waals surface area contributed by atoms with E-state index < -0.39 is 0 Å². The normalized spacial score (nSPS) is 22.4. The summed E-state index contributed by atoms with van der Waals surface area (Å²) in [4.78, 5) is 24.2. The molecule has 1 saturated carbocycles. The maximum absolute atomic E-state index is 12.4. The zero-order valence-electron chi connectivity index (χ0n) is 11.1. The van der Waals surface area contributed by atoms with Crippen LogP contribution in [0.5, 0.6) is 0 Å². The van der Waals surface area contributed by atoms with Crippen LogP contribution >= 0.6 is 11.3 Å². The van der Waals surface area contributed by atoms with Crippen molar-refractivity contribution in [2.24, 2.45) is 0 Å². The Morgan fingerprint density at radius 2 is 2.25 bits per heavy atom. The molecule has 6 heteroatoms. The minimum atomic E-state index is -0.0754. The van der Waals surface area contributed by atoms with Crippen LogP contribution in [0.3, 0.4) is 0 Å². The number of nitrogens with zero attached hydrogens (tertiary/aromatic N) is 3. The fourth-order valence-corrected chi connectivity index (χ4v) is 3.55. The van der Waals surface area contributed by atoms with E-state index in [2.05, 4.69) is 20.2 Å². The van der Waals surface area contributed by atoms with Gasteiger partial charge in [-0.3, -0.25) is 4.79 Å². The number of aromatic nitrogens is 2. The highest BCUT2D eigenvalue weighted by molar-refractivity contribution is 7.16. The first-order valence-electron chi connectivity index (χ1n) is 7.08. The van der Waals surface area contributed by atoms with Crippen molar-refractivity contribution in [3.05, 3.63) is 17.8 Å². The van der Waals surface area contributed by atoms with Crippen LogP contribution in [0.1, 0.15) is 25.7 Å². The van der Waals surface area contributed by atoms with Gasteiger partial charge in [-0.2, -0.15) is 0 Å². The third-order valence-electron chi connectivity index (χ3n) is 3.99. The molecule has 2 aromatic rings. The summed E-state index contributed by atoms with van der Waals surface area (Å²) in [7, 11) is 0. The Morgan fingerprint density at radius 1 is 1.35 bits per heavy atom. The van der Waals surface area contributed by atoms with Crippen LogP contribution in [0.25, 0.3) is 10.2 Å². The number of carbonyl (C=O) groups is 1. The van der Waals surface area contributed by atoms with Crippen molar-refractivity contribution in [2.75, 3.05) is 11.4 Å². The van der Waals surface area contributed by atoms with Crippen molar-refractivity contribution in [3.63, 3.8) is 0 Å². The van der Waals surface area contributed by atoms with E-state index in [1.807, 2.05) is 11.4 Å². The lowest BCUT2D eigenvalue weighted by Gasteiger charge is -2.25. The van der Waals surface area contributed by atoms with E-state index in [1.165, 1.54) is 0 Å². The van der Waals surface area contributed by atoms with Crippen LogP contribution < -0.4 is 10.2 Å². The van der Waals surface area contributed by atoms with Gasteiger partial charge in [0.2, 0.25) is 5.91 Å². The van der Waals surface area contributed by atoms with E-state index in [9.17, 15) is 4.79 Å². The monoisotopic (exact) mass is 288 g/mol. The van der Waals surface area contributed by atoms with Gasteiger partial charge in [0.25, 0.3) is 0 Å². The predicted molar refractivity (Wildman–Crippen MR) is 78.9 cm³/mol. The van der Waals surface area contributed by atoms with Gasteiger partial charge in [-0.25, -0.2) is 9.97 Å². The average molecular weight is 288 g/mol. The first-order valence-corrected chi connectivity index (χ1v) is 7.96. The van der Waals surface area contributed by atoms with E-state index in [1.54, 1.807) is 17.7 Å². The van der Waals surface area contributed by atoms with Crippen LogP contribution in [0.15, 0.2) is 17.8 Å². The molecule has 5 nitrogen and oxygen atoms in total. The molecule has 1 saturated heterocycles. The minimum Gasteiger partial charge on any atom is -0.352 e. The first kappa shape index (κ1) is 12.1. The van der Waals surface area contributed by atoms with E-state index in [0.717, 1.165) is 48.3 Å². The molecule has 1 unspecified atom stereocenters. The van der Waals surface area contributed by atoms with Gasteiger partial charge in [-0.1, -0.05) is 0 Å². The van der Waals surface area contributed by atoms with Gasteiger partial charge in [0, 0.05) is 12.6 Å². The summed E-state index contributed by atoms with van der Waals surface area (Å²) >= 11 is 1.61. The van der Waals surface area contributed by atoms with Crippen LogP contribution in [0, 0.1) is 0 Å². The number of amides is 1. The zero-order valence-corrected chi connectivity index (χ0v) is 11.9. The molecular formula is C14H16N4OS. The quantitative estimate of drug-likeness (QED) is 0.937. The zero-order chi connectivity index (χ0) is 13.5. The van der Waals surface area contributed by atoms with Crippen molar-refractivity contribution in [1.29, 1.82) is 0 Å². The minimum absolute atomic E-state index is 0.0754. The topological polar surface area (TPSA) is 58.1 Å². The molecule has 0 aromatic carbocycles. The van der Waals surface area contributed by atoms with Crippen LogP contribution in [-0.4, -0.2) is 34.5 Å². The SMILES string of the molecule is O=C(NC1CC1)C1CCCN1c1ncnc2sccc12. The Morgan fingerprint density at radius 3 is 3.10 bits per heavy atom. The smallest absolute Gasteiger partial charge is 0.242 e. The summed E-state index contributed by atoms with van der Waals surface area (Å²) in [6.45, 7) is 0.894. The lowest BCUT2D eigenvalue weighted by Crippen LogP contribution is -2.44. The Balaban J connectivity index is 1.65. The summed E-state index contributed by atoms with van der Waals surface area (Å²) in [5.74, 6) is 1.07. The van der Waals surface area contributed by atoms with Crippen molar-refractivity contribution < 1.29 is 4.79 Å². The van der Waals surface area contributed by atoms with Crippen molar-refractivity contribution in [2.45, 2.75) is 37.8 Å². The second-order valence-electron chi connectivity index (χ2n) is 5.47. The third-order valence-corrected chi connectivity index (χ3v) is 4.81. The van der Waals surface area contributed by atoms with Crippen molar-refractivity contribution in [3.8, 4) is 0 Å². The molecule has 3 heterocycles. The number of hydrogen-bond acceptors (Lipinski definition) is 5. The Bertz CT molecular complexity index is 651. The third kappa shape index (κ3) is 2.04. The molecule has 1 amide bonds. The lowest BCUT2D eigenvalue weighted by molar-refractivity contribution is -0.122. The van der Waals surface area contributed by atoms with Crippen LogP contribution in [-0.2, 0) is 4.79 Å². The second-order valence-corrected chi connectivity index (χ2v) is 6.37. The van der Waals surface area contributed by atoms with Crippen LogP contribution in [0.4, 0.5) is 5.82 Å². The summed E-state index contributed by atoms with van der Waals surface area (Å²) in [5, 5.41) is 6.20. The highest BCUT2D eigenvalue weighted by Crippen LogP contribution is 2.32. The number of carbonyl (C=O) groups excluding carboxylic acids is 1. The number of nitrogens with one attached hydrogen (secondary N) is 1. The molecule has 1 atom stereocenters. The molecule has 20 heavy (non-hydrogen) atoms. The van der Waals surface area contributed by atoms with Gasteiger partial charge >= 0.3 is 0 Å². The number of hydrogen-bond donors (Lipinski definition) is 1. The number of rotatable bonds is 3. The molecule has 104 valence electrons. The van der Waals surface area contributed by atoms with Gasteiger partial charge in [0.1, 0.15) is 23.0 Å². The van der Waals surface area contributed by atoms with Gasteiger partial charge in [0.15, 0.2) is 0 Å². The van der Waals surface area contributed by atoms with Crippen molar-refractivity contribution >= 4 is 33.3 Å². The molecule has 0 radical (unpaired) electrons. The molecular weight excluding hydrogens is 272 g/mol. The second kappa shape index (κ2) is 4.70. The standard InChI is InChI=1S/C14H16N4OS/c19-13(17-9-3-4-9)11-2-1-6-18(11)12-10-5-7-20-14(10)16-8-15-12/h5,7-9,11H,1-4,6H2,(H,17,19). The van der Waals surface area contributed by atoms with E-state index in [0.29, 0.717) is 6.04 Å².